The molecule has 0 aliphatic heterocycles. The van der Waals surface area contributed by atoms with Gasteiger partial charge in [-0.05, 0) is 97.3 Å². The maximum Gasteiger partial charge on any atom is 0.166 e. The van der Waals surface area contributed by atoms with E-state index < -0.39 is 23.3 Å². The molecule has 3 aromatic carbocycles. The van der Waals surface area contributed by atoms with Gasteiger partial charge in [0.2, 0.25) is 0 Å². The second-order valence-corrected chi connectivity index (χ2v) is 14.0. The Bertz CT molecular complexity index is 1360. The maximum atomic E-state index is 15.5. The highest BCUT2D eigenvalue weighted by molar-refractivity contribution is 5.71. The van der Waals surface area contributed by atoms with Crippen molar-refractivity contribution >= 4 is 0 Å². The predicted molar refractivity (Wildman–Crippen MR) is 179 cm³/mol. The first kappa shape index (κ1) is 33.7. The number of unbranched alkanes of at least 4 members (excludes halogenated alkanes) is 5. The van der Waals surface area contributed by atoms with Gasteiger partial charge in [0.15, 0.2) is 23.3 Å². The highest BCUT2D eigenvalue weighted by Gasteiger charge is 2.32. The third kappa shape index (κ3) is 8.22. The van der Waals surface area contributed by atoms with E-state index in [1.54, 1.807) is 48.5 Å². The first-order valence-corrected chi connectivity index (χ1v) is 18.0. The molecular weight excluding hydrogens is 568 g/mol. The molecule has 244 valence electrons. The van der Waals surface area contributed by atoms with Crippen molar-refractivity contribution in [3.05, 3.63) is 82.9 Å². The van der Waals surface area contributed by atoms with Crippen molar-refractivity contribution in [2.75, 3.05) is 0 Å². The molecule has 45 heavy (non-hydrogen) atoms. The molecule has 0 saturated heterocycles. The van der Waals surface area contributed by atoms with Crippen LogP contribution in [0.1, 0.15) is 134 Å². The molecule has 0 nitrogen and oxygen atoms in total. The van der Waals surface area contributed by atoms with E-state index >= 15 is 8.78 Å². The van der Waals surface area contributed by atoms with E-state index in [2.05, 4.69) is 6.92 Å². The molecule has 0 N–H and O–H groups in total. The zero-order valence-electron chi connectivity index (χ0n) is 27.5. The van der Waals surface area contributed by atoms with Gasteiger partial charge >= 0.3 is 0 Å². The number of halogens is 4. The largest absolute Gasteiger partial charge is 0.203 e. The Morgan fingerprint density at radius 2 is 1.04 bits per heavy atom. The van der Waals surface area contributed by atoms with Crippen LogP contribution >= 0.6 is 0 Å². The van der Waals surface area contributed by atoms with E-state index in [4.69, 9.17) is 0 Å². The van der Waals surface area contributed by atoms with Crippen molar-refractivity contribution < 1.29 is 17.6 Å². The molecule has 2 aliphatic carbocycles. The summed E-state index contributed by atoms with van der Waals surface area (Å²) in [7, 11) is 0. The number of rotatable bonds is 13. The average Bonchev–Trinajstić information content (AvgIpc) is 3.07. The Labute approximate surface area is 269 Å². The van der Waals surface area contributed by atoms with E-state index in [0.29, 0.717) is 28.7 Å². The lowest BCUT2D eigenvalue weighted by atomic mass is 9.68. The van der Waals surface area contributed by atoms with Crippen LogP contribution in [0.3, 0.4) is 0 Å². The van der Waals surface area contributed by atoms with Crippen LogP contribution in [-0.2, 0) is 6.42 Å². The Morgan fingerprint density at radius 3 is 1.64 bits per heavy atom. The third-order valence-electron chi connectivity index (χ3n) is 11.1. The van der Waals surface area contributed by atoms with E-state index in [9.17, 15) is 8.78 Å². The van der Waals surface area contributed by atoms with Gasteiger partial charge in [0.1, 0.15) is 0 Å². The number of aryl methyl sites for hydroxylation is 1. The lowest BCUT2D eigenvalue weighted by Gasteiger charge is -2.38. The molecule has 0 unspecified atom stereocenters. The summed E-state index contributed by atoms with van der Waals surface area (Å²) < 4.78 is 60.5. The molecule has 0 spiro atoms. The summed E-state index contributed by atoms with van der Waals surface area (Å²) in [6.45, 7) is 4.28. The second kappa shape index (κ2) is 16.3. The summed E-state index contributed by atoms with van der Waals surface area (Å²) in [5, 5.41) is 0. The molecule has 4 heteroatoms. The molecule has 2 aliphatic rings. The molecule has 0 atom stereocenters. The highest BCUT2D eigenvalue weighted by atomic mass is 19.2. The summed E-state index contributed by atoms with van der Waals surface area (Å²) in [6.07, 6.45) is 19.9. The van der Waals surface area contributed by atoms with Crippen molar-refractivity contribution in [3.63, 3.8) is 0 Å². The SMILES string of the molecule is CCCCCCCC1CCC(C2CCC(c3ccc(-c4ccc(-c5ccc(CCCC)c(F)c5F)cc4)c(F)c3F)CC2)CC1. The van der Waals surface area contributed by atoms with E-state index in [1.165, 1.54) is 64.2 Å². The van der Waals surface area contributed by atoms with Crippen LogP contribution in [-0.4, -0.2) is 0 Å². The van der Waals surface area contributed by atoms with Crippen LogP contribution in [0.4, 0.5) is 17.6 Å². The fraction of sp³-hybridized carbons (Fsp3) is 0.561. The standard InChI is InChI=1S/C41H52F4/c1-3-5-7-8-9-10-28-12-14-29(15-13-28)30-16-18-31(19-17-30)36-26-27-37(41(45)40(36)44)33-22-20-32(21-23-33)35-25-24-34(11-6-4-2)38(42)39(35)43/h20-31H,3-19H2,1-2H3. The van der Waals surface area contributed by atoms with Crippen LogP contribution < -0.4 is 0 Å². The van der Waals surface area contributed by atoms with Gasteiger partial charge in [-0.2, -0.15) is 0 Å². The van der Waals surface area contributed by atoms with Crippen LogP contribution in [0.5, 0.6) is 0 Å². The molecule has 0 heterocycles. The zero-order valence-corrected chi connectivity index (χ0v) is 27.5. The summed E-state index contributed by atoms with van der Waals surface area (Å²) in [4.78, 5) is 0. The molecule has 5 rings (SSSR count). The molecule has 3 aromatic rings. The van der Waals surface area contributed by atoms with E-state index in [-0.39, 0.29) is 17.0 Å². The van der Waals surface area contributed by atoms with Crippen molar-refractivity contribution in [2.24, 2.45) is 17.8 Å². The minimum absolute atomic E-state index is 0.0600. The van der Waals surface area contributed by atoms with Gasteiger partial charge in [-0.3, -0.25) is 0 Å². The number of hydrogen-bond donors (Lipinski definition) is 0. The molecule has 2 saturated carbocycles. The van der Waals surface area contributed by atoms with Crippen molar-refractivity contribution in [3.8, 4) is 22.3 Å². The fourth-order valence-corrected chi connectivity index (χ4v) is 8.19. The van der Waals surface area contributed by atoms with Gasteiger partial charge in [0, 0.05) is 11.1 Å². The van der Waals surface area contributed by atoms with Gasteiger partial charge in [-0.25, -0.2) is 17.6 Å². The topological polar surface area (TPSA) is 0 Å². The van der Waals surface area contributed by atoms with Crippen molar-refractivity contribution in [1.82, 2.24) is 0 Å². The molecule has 0 radical (unpaired) electrons. The third-order valence-corrected chi connectivity index (χ3v) is 11.1. The lowest BCUT2D eigenvalue weighted by molar-refractivity contribution is 0.155. The van der Waals surface area contributed by atoms with Crippen LogP contribution in [0.2, 0.25) is 0 Å². The smallest absolute Gasteiger partial charge is 0.166 e. The van der Waals surface area contributed by atoms with Crippen LogP contribution in [0.15, 0.2) is 48.5 Å². The quantitative estimate of drug-likeness (QED) is 0.132. The monoisotopic (exact) mass is 620 g/mol. The molecule has 0 bridgehead atoms. The normalized spacial score (nSPS) is 22.1. The van der Waals surface area contributed by atoms with E-state index in [1.807, 2.05) is 6.92 Å². The highest BCUT2D eigenvalue weighted by Crippen LogP contribution is 2.45. The number of benzene rings is 3. The summed E-state index contributed by atoms with van der Waals surface area (Å²) in [6, 6.07) is 13.3. The minimum Gasteiger partial charge on any atom is -0.203 e. The van der Waals surface area contributed by atoms with E-state index in [0.717, 1.165) is 56.3 Å². The van der Waals surface area contributed by atoms with Crippen molar-refractivity contribution in [1.29, 1.82) is 0 Å². The van der Waals surface area contributed by atoms with Crippen LogP contribution in [0.25, 0.3) is 22.3 Å². The van der Waals surface area contributed by atoms with Crippen LogP contribution in [0, 0.1) is 41.0 Å². The maximum absolute atomic E-state index is 15.5. The van der Waals surface area contributed by atoms with Gasteiger partial charge in [-0.1, -0.05) is 120 Å². The number of hydrogen-bond acceptors (Lipinski definition) is 0. The molecule has 0 aromatic heterocycles. The Hall–Kier alpha value is -2.62. The predicted octanol–water partition coefficient (Wildman–Crippen LogP) is 13.4. The summed E-state index contributed by atoms with van der Waals surface area (Å²) in [5.74, 6) is -0.737. The first-order chi connectivity index (χ1) is 21.9. The minimum atomic E-state index is -0.867. The van der Waals surface area contributed by atoms with Gasteiger partial charge < -0.3 is 0 Å². The Kier molecular flexibility index (Phi) is 12.2. The van der Waals surface area contributed by atoms with Gasteiger partial charge in [0.25, 0.3) is 0 Å². The first-order valence-electron chi connectivity index (χ1n) is 18.0. The average molecular weight is 621 g/mol. The Balaban J connectivity index is 1.16. The Morgan fingerprint density at radius 1 is 0.511 bits per heavy atom. The molecule has 0 amide bonds. The molecular formula is C41H52F4. The molecule has 2 fully saturated rings. The lowest BCUT2D eigenvalue weighted by Crippen LogP contribution is -2.25. The van der Waals surface area contributed by atoms with Gasteiger partial charge in [0.05, 0.1) is 0 Å². The zero-order chi connectivity index (χ0) is 31.8. The van der Waals surface area contributed by atoms with Gasteiger partial charge in [-0.15, -0.1) is 0 Å². The summed E-state index contributed by atoms with van der Waals surface area (Å²) in [5.41, 5.74) is 2.26. The van der Waals surface area contributed by atoms with Crippen molar-refractivity contribution in [2.45, 2.75) is 129 Å². The fourth-order valence-electron chi connectivity index (χ4n) is 8.19. The summed E-state index contributed by atoms with van der Waals surface area (Å²) >= 11 is 0. The second-order valence-electron chi connectivity index (χ2n) is 14.0.